The van der Waals surface area contributed by atoms with Gasteiger partial charge in [-0.15, -0.1) is 0 Å². The third kappa shape index (κ3) is 7.59. The second-order valence-corrected chi connectivity index (χ2v) is 12.2. The fourth-order valence-electron chi connectivity index (χ4n) is 5.23. The van der Waals surface area contributed by atoms with E-state index in [1.165, 1.54) is 6.07 Å². The van der Waals surface area contributed by atoms with Crippen molar-refractivity contribution >= 4 is 27.5 Å². The Morgan fingerprint density at radius 3 is 2.51 bits per heavy atom. The van der Waals surface area contributed by atoms with Crippen LogP contribution in [-0.2, 0) is 26.0 Å². The number of anilines is 1. The number of aryl methyl sites for hydroxylation is 2. The molecule has 0 aliphatic carbocycles. The highest BCUT2D eigenvalue weighted by Crippen LogP contribution is 2.33. The van der Waals surface area contributed by atoms with Crippen molar-refractivity contribution in [1.29, 1.82) is 0 Å². The van der Waals surface area contributed by atoms with Crippen LogP contribution in [0.15, 0.2) is 53.8 Å². The second-order valence-electron chi connectivity index (χ2n) is 10.5. The van der Waals surface area contributed by atoms with Crippen LogP contribution >= 0.6 is 0 Å². The van der Waals surface area contributed by atoms with Gasteiger partial charge in [-0.2, -0.15) is 4.72 Å². The Bertz CT molecular complexity index is 1430. The SMILES string of the molecule is CCC(=O)Nc1c(-c2ccccn2)cccc1S(=O)(=O)N[C@@H](CCCc1nc[nH]c1C)C(=O)N1CCC(CC)CC1. The predicted molar refractivity (Wildman–Crippen MR) is 159 cm³/mol. The van der Waals surface area contributed by atoms with Crippen LogP contribution in [0, 0.1) is 12.8 Å². The number of piperidine rings is 1. The van der Waals surface area contributed by atoms with E-state index in [1.807, 2.05) is 6.92 Å². The van der Waals surface area contributed by atoms with Gasteiger partial charge in [0.25, 0.3) is 0 Å². The Morgan fingerprint density at radius 1 is 1.10 bits per heavy atom. The lowest BCUT2D eigenvalue weighted by Crippen LogP contribution is -2.50. The number of aromatic nitrogens is 3. The van der Waals surface area contributed by atoms with Gasteiger partial charge in [-0.1, -0.05) is 38.5 Å². The number of hydrogen-bond donors (Lipinski definition) is 3. The highest BCUT2D eigenvalue weighted by atomic mass is 32.2. The topological polar surface area (TPSA) is 137 Å². The first-order valence-electron chi connectivity index (χ1n) is 14.4. The van der Waals surface area contributed by atoms with Crippen LogP contribution in [0.5, 0.6) is 0 Å². The average Bonchev–Trinajstić information content (AvgIpc) is 3.40. The summed E-state index contributed by atoms with van der Waals surface area (Å²) in [7, 11) is -4.23. The number of nitrogens with zero attached hydrogens (tertiary/aromatic N) is 3. The number of carbonyl (C=O) groups excluding carboxylic acids is 2. The predicted octanol–water partition coefficient (Wildman–Crippen LogP) is 4.45. The Kier molecular flexibility index (Phi) is 10.3. The molecular weight excluding hydrogens is 540 g/mol. The van der Waals surface area contributed by atoms with E-state index >= 15 is 0 Å². The summed E-state index contributed by atoms with van der Waals surface area (Å²) in [6, 6.07) is 9.15. The molecule has 1 aromatic carbocycles. The van der Waals surface area contributed by atoms with Gasteiger partial charge in [-0.05, 0) is 63.1 Å². The normalized spacial score (nSPS) is 15.0. The molecule has 1 saturated heterocycles. The van der Waals surface area contributed by atoms with Crippen LogP contribution in [-0.4, -0.2) is 59.2 Å². The maximum atomic E-state index is 14.0. The summed E-state index contributed by atoms with van der Waals surface area (Å²) in [4.78, 5) is 39.7. The third-order valence-corrected chi connectivity index (χ3v) is 9.30. The van der Waals surface area contributed by atoms with Crippen molar-refractivity contribution in [2.24, 2.45) is 5.92 Å². The zero-order valence-electron chi connectivity index (χ0n) is 24.0. The van der Waals surface area contributed by atoms with Gasteiger partial charge in [-0.25, -0.2) is 13.4 Å². The van der Waals surface area contributed by atoms with Crippen molar-refractivity contribution in [1.82, 2.24) is 24.6 Å². The summed E-state index contributed by atoms with van der Waals surface area (Å²) in [6.07, 6.45) is 7.81. The van der Waals surface area contributed by atoms with E-state index in [1.54, 1.807) is 54.7 Å². The van der Waals surface area contributed by atoms with Gasteiger partial charge < -0.3 is 15.2 Å². The molecule has 1 aliphatic heterocycles. The minimum absolute atomic E-state index is 0.104. The number of likely N-dealkylation sites (tertiary alicyclic amines) is 1. The lowest BCUT2D eigenvalue weighted by Gasteiger charge is -2.34. The molecule has 0 unspecified atom stereocenters. The van der Waals surface area contributed by atoms with Crippen molar-refractivity contribution in [2.75, 3.05) is 18.4 Å². The summed E-state index contributed by atoms with van der Waals surface area (Å²) in [5.74, 6) is 0.0310. The first-order chi connectivity index (χ1) is 19.7. The Balaban J connectivity index is 1.64. The van der Waals surface area contributed by atoms with Crippen molar-refractivity contribution in [2.45, 2.75) is 76.7 Å². The molecule has 220 valence electrons. The molecule has 1 fully saturated rings. The average molecular weight is 581 g/mol. The van der Waals surface area contributed by atoms with Crippen LogP contribution in [0.25, 0.3) is 11.3 Å². The molecule has 0 saturated carbocycles. The summed E-state index contributed by atoms with van der Waals surface area (Å²) < 4.78 is 30.7. The van der Waals surface area contributed by atoms with Crippen LogP contribution < -0.4 is 10.0 Å². The number of para-hydroxylation sites is 1. The molecule has 2 amide bonds. The summed E-state index contributed by atoms with van der Waals surface area (Å²) in [6.45, 7) is 7.01. The van der Waals surface area contributed by atoms with E-state index in [4.69, 9.17) is 0 Å². The zero-order chi connectivity index (χ0) is 29.4. The van der Waals surface area contributed by atoms with Crippen molar-refractivity contribution < 1.29 is 18.0 Å². The molecule has 4 rings (SSSR count). The second kappa shape index (κ2) is 13.9. The minimum atomic E-state index is -4.23. The molecule has 1 atom stereocenters. The number of sulfonamides is 1. The number of hydrogen-bond acceptors (Lipinski definition) is 6. The van der Waals surface area contributed by atoms with Crippen LogP contribution in [0.3, 0.4) is 0 Å². The monoisotopic (exact) mass is 580 g/mol. The number of aromatic amines is 1. The summed E-state index contributed by atoms with van der Waals surface area (Å²) in [5.41, 5.74) is 3.01. The summed E-state index contributed by atoms with van der Waals surface area (Å²) >= 11 is 0. The number of nitrogens with one attached hydrogen (secondary N) is 3. The van der Waals surface area contributed by atoms with E-state index < -0.39 is 16.1 Å². The Labute approximate surface area is 242 Å². The van der Waals surface area contributed by atoms with Gasteiger partial charge in [0.1, 0.15) is 10.9 Å². The van der Waals surface area contributed by atoms with Crippen LogP contribution in [0.1, 0.15) is 63.8 Å². The lowest BCUT2D eigenvalue weighted by atomic mass is 9.94. The number of amides is 2. The molecular formula is C30H40N6O4S. The highest BCUT2D eigenvalue weighted by molar-refractivity contribution is 7.89. The van der Waals surface area contributed by atoms with E-state index in [2.05, 4.69) is 31.9 Å². The van der Waals surface area contributed by atoms with Crippen molar-refractivity contribution in [3.63, 3.8) is 0 Å². The number of H-pyrrole nitrogens is 1. The maximum absolute atomic E-state index is 14.0. The molecule has 1 aliphatic rings. The zero-order valence-corrected chi connectivity index (χ0v) is 24.8. The Hall–Kier alpha value is -3.57. The molecule has 0 spiro atoms. The van der Waals surface area contributed by atoms with E-state index in [0.29, 0.717) is 49.5 Å². The molecule has 10 nitrogen and oxygen atoms in total. The van der Waals surface area contributed by atoms with Gasteiger partial charge in [0.2, 0.25) is 21.8 Å². The van der Waals surface area contributed by atoms with Gasteiger partial charge in [-0.3, -0.25) is 14.6 Å². The van der Waals surface area contributed by atoms with Crippen molar-refractivity contribution in [3.05, 3.63) is 60.3 Å². The molecule has 3 aromatic rings. The van der Waals surface area contributed by atoms with Gasteiger partial charge >= 0.3 is 0 Å². The number of carbonyl (C=O) groups is 2. The van der Waals surface area contributed by atoms with Crippen LogP contribution in [0.2, 0.25) is 0 Å². The number of rotatable bonds is 12. The smallest absolute Gasteiger partial charge is 0.243 e. The van der Waals surface area contributed by atoms with Gasteiger partial charge in [0, 0.05) is 37.0 Å². The van der Waals surface area contributed by atoms with Crippen LogP contribution in [0.4, 0.5) is 5.69 Å². The fraction of sp³-hybridized carbons (Fsp3) is 0.467. The number of imidazole rings is 1. The molecule has 11 heteroatoms. The van der Waals surface area contributed by atoms with E-state index in [9.17, 15) is 18.0 Å². The standard InChI is InChI=1S/C30H40N6O4S/c1-4-22-15-18-36(19-16-22)30(38)26(13-9-12-24-21(3)32-20-33-24)35-41(39,40)27-14-8-10-23(25-11-6-7-17-31-25)29(27)34-28(37)5-2/h6-8,10-11,14,17,20,22,26,35H,4-5,9,12-13,15-16,18-19H2,1-3H3,(H,32,33)(H,34,37)/t26-/m0/s1. The molecule has 0 radical (unpaired) electrons. The summed E-state index contributed by atoms with van der Waals surface area (Å²) in [5, 5.41) is 2.77. The minimum Gasteiger partial charge on any atom is -0.348 e. The largest absolute Gasteiger partial charge is 0.348 e. The van der Waals surface area contributed by atoms with E-state index in [0.717, 1.165) is 30.7 Å². The lowest BCUT2D eigenvalue weighted by molar-refractivity contribution is -0.134. The first-order valence-corrected chi connectivity index (χ1v) is 15.9. The Morgan fingerprint density at radius 2 is 1.88 bits per heavy atom. The fourth-order valence-corrected chi connectivity index (χ4v) is 6.63. The van der Waals surface area contributed by atoms with Crippen molar-refractivity contribution in [3.8, 4) is 11.3 Å². The third-order valence-electron chi connectivity index (χ3n) is 7.78. The molecule has 3 heterocycles. The highest BCUT2D eigenvalue weighted by Gasteiger charge is 2.33. The molecule has 41 heavy (non-hydrogen) atoms. The maximum Gasteiger partial charge on any atom is 0.243 e. The molecule has 3 N–H and O–H groups in total. The van der Waals surface area contributed by atoms with E-state index in [-0.39, 0.29) is 28.8 Å². The quantitative estimate of drug-likeness (QED) is 0.290. The first kappa shape index (κ1) is 30.4. The van der Waals surface area contributed by atoms with Gasteiger partial charge in [0.15, 0.2) is 0 Å². The number of pyridine rings is 1. The number of benzene rings is 1. The van der Waals surface area contributed by atoms with Gasteiger partial charge in [0.05, 0.1) is 23.4 Å². The molecule has 2 aromatic heterocycles. The molecule has 0 bridgehead atoms.